The molecular formula is C14H16ClFN2O. The van der Waals surface area contributed by atoms with Crippen LogP contribution >= 0.6 is 11.6 Å². The van der Waals surface area contributed by atoms with Gasteiger partial charge in [-0.2, -0.15) is 0 Å². The predicted molar refractivity (Wildman–Crippen MR) is 72.8 cm³/mol. The lowest BCUT2D eigenvalue weighted by atomic mass is 10.2. The van der Waals surface area contributed by atoms with Crippen LogP contribution in [0.4, 0.5) is 4.39 Å². The van der Waals surface area contributed by atoms with Gasteiger partial charge in [0, 0.05) is 13.2 Å². The highest BCUT2D eigenvalue weighted by molar-refractivity contribution is 6.16. The molecule has 1 fully saturated rings. The third-order valence-electron chi connectivity index (χ3n) is 3.61. The molecule has 102 valence electrons. The Labute approximate surface area is 116 Å². The van der Waals surface area contributed by atoms with Crippen molar-refractivity contribution in [3.63, 3.8) is 0 Å². The monoisotopic (exact) mass is 282 g/mol. The number of fused-ring (bicyclic) bond motifs is 1. The van der Waals surface area contributed by atoms with Crippen molar-refractivity contribution < 1.29 is 9.13 Å². The molecule has 0 amide bonds. The molecule has 1 atom stereocenters. The summed E-state index contributed by atoms with van der Waals surface area (Å²) in [6.45, 7) is 1.62. The number of nitrogens with zero attached hydrogens (tertiary/aromatic N) is 2. The van der Waals surface area contributed by atoms with Gasteiger partial charge in [-0.15, -0.1) is 11.6 Å². The maximum absolute atomic E-state index is 13.4. The minimum absolute atomic E-state index is 0.244. The number of ether oxygens (including phenoxy) is 1. The summed E-state index contributed by atoms with van der Waals surface area (Å²) < 4.78 is 21.0. The van der Waals surface area contributed by atoms with Gasteiger partial charge in [0.2, 0.25) is 0 Å². The summed E-state index contributed by atoms with van der Waals surface area (Å²) in [5.74, 6) is 0.883. The van der Waals surface area contributed by atoms with Crippen LogP contribution in [0, 0.1) is 5.82 Å². The van der Waals surface area contributed by atoms with Crippen LogP contribution in [-0.4, -0.2) is 22.3 Å². The minimum Gasteiger partial charge on any atom is -0.378 e. The van der Waals surface area contributed by atoms with E-state index >= 15 is 0 Å². The summed E-state index contributed by atoms with van der Waals surface area (Å²) in [7, 11) is 0. The topological polar surface area (TPSA) is 27.1 Å². The molecule has 0 saturated carbocycles. The molecule has 0 radical (unpaired) electrons. The molecule has 3 rings (SSSR count). The molecule has 0 bridgehead atoms. The number of aryl methyl sites for hydroxylation is 1. The highest BCUT2D eigenvalue weighted by atomic mass is 35.5. The van der Waals surface area contributed by atoms with E-state index in [-0.39, 0.29) is 5.82 Å². The largest absolute Gasteiger partial charge is 0.378 e. The molecule has 1 aromatic heterocycles. The van der Waals surface area contributed by atoms with Gasteiger partial charge in [0.05, 0.1) is 23.0 Å². The number of hydrogen-bond donors (Lipinski definition) is 0. The number of benzene rings is 1. The summed E-state index contributed by atoms with van der Waals surface area (Å²) in [6, 6.07) is 4.65. The highest BCUT2D eigenvalue weighted by Gasteiger charge is 2.17. The number of imidazole rings is 1. The normalized spacial score (nSPS) is 19.4. The van der Waals surface area contributed by atoms with Gasteiger partial charge < -0.3 is 9.30 Å². The first-order chi connectivity index (χ1) is 9.28. The van der Waals surface area contributed by atoms with Crippen molar-refractivity contribution >= 4 is 22.6 Å². The summed E-state index contributed by atoms with van der Waals surface area (Å²) in [5.41, 5.74) is 1.61. The number of aromatic nitrogens is 2. The molecule has 0 spiro atoms. The van der Waals surface area contributed by atoms with Crippen LogP contribution in [0.3, 0.4) is 0 Å². The van der Waals surface area contributed by atoms with Crippen LogP contribution in [-0.2, 0) is 17.2 Å². The molecule has 0 aliphatic carbocycles. The molecule has 2 heterocycles. The lowest BCUT2D eigenvalue weighted by molar-refractivity contribution is 0.100. The number of alkyl halides is 1. The Morgan fingerprint density at radius 3 is 3.11 bits per heavy atom. The summed E-state index contributed by atoms with van der Waals surface area (Å²) in [4.78, 5) is 4.44. The SMILES string of the molecule is Fc1ccc2nc(CCl)n(CCC3CCCO3)c2c1. The van der Waals surface area contributed by atoms with Crippen molar-refractivity contribution in [3.8, 4) is 0 Å². The molecule has 1 aliphatic heterocycles. The Balaban J connectivity index is 1.88. The first-order valence-electron chi connectivity index (χ1n) is 6.60. The minimum atomic E-state index is -0.244. The van der Waals surface area contributed by atoms with E-state index in [0.29, 0.717) is 12.0 Å². The summed E-state index contributed by atoms with van der Waals surface area (Å²) in [5, 5.41) is 0. The van der Waals surface area contributed by atoms with Crippen molar-refractivity contribution in [2.45, 2.75) is 37.8 Å². The molecule has 1 unspecified atom stereocenters. The Kier molecular flexibility index (Phi) is 3.71. The van der Waals surface area contributed by atoms with Gasteiger partial charge in [-0.1, -0.05) is 0 Å². The maximum atomic E-state index is 13.4. The van der Waals surface area contributed by atoms with Crippen molar-refractivity contribution in [1.29, 1.82) is 0 Å². The zero-order valence-electron chi connectivity index (χ0n) is 10.6. The smallest absolute Gasteiger partial charge is 0.125 e. The molecule has 1 aliphatic rings. The lowest BCUT2D eigenvalue weighted by Crippen LogP contribution is -2.11. The second-order valence-electron chi connectivity index (χ2n) is 4.87. The van der Waals surface area contributed by atoms with Crippen LogP contribution in [0.15, 0.2) is 18.2 Å². The van der Waals surface area contributed by atoms with Crippen molar-refractivity contribution in [1.82, 2.24) is 9.55 Å². The van der Waals surface area contributed by atoms with E-state index in [1.807, 2.05) is 4.57 Å². The first-order valence-corrected chi connectivity index (χ1v) is 7.13. The van der Waals surface area contributed by atoms with Crippen molar-refractivity contribution in [3.05, 3.63) is 29.8 Å². The maximum Gasteiger partial charge on any atom is 0.125 e. The van der Waals surface area contributed by atoms with E-state index in [9.17, 15) is 4.39 Å². The van der Waals surface area contributed by atoms with E-state index in [1.165, 1.54) is 12.1 Å². The average Bonchev–Trinajstić information content (AvgIpc) is 3.03. The van der Waals surface area contributed by atoms with Crippen LogP contribution in [0.2, 0.25) is 0 Å². The zero-order valence-corrected chi connectivity index (χ0v) is 11.4. The standard InChI is InChI=1S/C14H16ClFN2O/c15-9-14-17-12-4-3-10(16)8-13(12)18(14)6-5-11-2-1-7-19-11/h3-4,8,11H,1-2,5-7,9H2. The third-order valence-corrected chi connectivity index (χ3v) is 3.85. The fourth-order valence-corrected chi connectivity index (χ4v) is 2.85. The molecule has 3 nitrogen and oxygen atoms in total. The van der Waals surface area contributed by atoms with E-state index in [0.717, 1.165) is 49.3 Å². The Bertz CT molecular complexity index is 578. The second-order valence-corrected chi connectivity index (χ2v) is 5.14. The molecule has 2 aromatic rings. The Hall–Kier alpha value is -1.13. The van der Waals surface area contributed by atoms with Gasteiger partial charge in [-0.25, -0.2) is 9.37 Å². The number of hydrogen-bond acceptors (Lipinski definition) is 2. The fourth-order valence-electron chi connectivity index (χ4n) is 2.64. The van der Waals surface area contributed by atoms with Crippen molar-refractivity contribution in [2.75, 3.05) is 6.61 Å². The fraction of sp³-hybridized carbons (Fsp3) is 0.500. The summed E-state index contributed by atoms with van der Waals surface area (Å²) in [6.07, 6.45) is 3.48. The average molecular weight is 283 g/mol. The van der Waals surface area contributed by atoms with Gasteiger partial charge in [0.15, 0.2) is 0 Å². The van der Waals surface area contributed by atoms with Crippen LogP contribution in [0.25, 0.3) is 11.0 Å². The molecule has 0 N–H and O–H groups in total. The van der Waals surface area contributed by atoms with E-state index in [1.54, 1.807) is 6.07 Å². The molecule has 19 heavy (non-hydrogen) atoms. The van der Waals surface area contributed by atoms with E-state index < -0.39 is 0 Å². The number of rotatable bonds is 4. The third kappa shape index (κ3) is 2.60. The quantitative estimate of drug-likeness (QED) is 0.803. The van der Waals surface area contributed by atoms with Gasteiger partial charge in [0.25, 0.3) is 0 Å². The molecule has 5 heteroatoms. The summed E-state index contributed by atoms with van der Waals surface area (Å²) >= 11 is 5.93. The van der Waals surface area contributed by atoms with Gasteiger partial charge in [-0.05, 0) is 37.5 Å². The predicted octanol–water partition coefficient (Wildman–Crippen LogP) is 3.48. The second kappa shape index (κ2) is 5.47. The van der Waals surface area contributed by atoms with E-state index in [4.69, 9.17) is 16.3 Å². The first kappa shape index (κ1) is 12.9. The Morgan fingerprint density at radius 1 is 1.47 bits per heavy atom. The molecule has 1 saturated heterocycles. The molecular weight excluding hydrogens is 267 g/mol. The molecule has 1 aromatic carbocycles. The zero-order chi connectivity index (χ0) is 13.2. The van der Waals surface area contributed by atoms with Gasteiger partial charge >= 0.3 is 0 Å². The Morgan fingerprint density at radius 2 is 2.37 bits per heavy atom. The van der Waals surface area contributed by atoms with Crippen LogP contribution in [0.5, 0.6) is 0 Å². The number of halogens is 2. The van der Waals surface area contributed by atoms with Crippen LogP contribution < -0.4 is 0 Å². The van der Waals surface area contributed by atoms with Crippen LogP contribution in [0.1, 0.15) is 25.1 Å². The highest BCUT2D eigenvalue weighted by Crippen LogP contribution is 2.22. The van der Waals surface area contributed by atoms with E-state index in [2.05, 4.69) is 4.98 Å². The van der Waals surface area contributed by atoms with Crippen molar-refractivity contribution in [2.24, 2.45) is 0 Å². The lowest BCUT2D eigenvalue weighted by Gasteiger charge is -2.12. The van der Waals surface area contributed by atoms with Gasteiger partial charge in [0.1, 0.15) is 11.6 Å². The van der Waals surface area contributed by atoms with Gasteiger partial charge in [-0.3, -0.25) is 0 Å².